The van der Waals surface area contributed by atoms with Gasteiger partial charge in [-0.05, 0) is 44.0 Å². The topological polar surface area (TPSA) is 26.7 Å². The van der Waals surface area contributed by atoms with Gasteiger partial charge in [-0.3, -0.25) is 4.90 Å². The van der Waals surface area contributed by atoms with Crippen LogP contribution >= 0.6 is 0 Å². The fraction of sp³-hybridized carbons (Fsp3) is 0.647. The van der Waals surface area contributed by atoms with Crippen molar-refractivity contribution < 1.29 is 5.11 Å². The molecule has 1 N–H and O–H groups in total. The molecule has 0 spiro atoms. The van der Waals surface area contributed by atoms with E-state index in [1.165, 1.54) is 5.56 Å². The maximum atomic E-state index is 10.7. The quantitative estimate of drug-likeness (QED) is 0.892. The number of hydrogen-bond acceptors (Lipinski definition) is 3. The normalized spacial score (nSPS) is 34.5. The van der Waals surface area contributed by atoms with E-state index in [2.05, 4.69) is 49.0 Å². The van der Waals surface area contributed by atoms with Crippen molar-refractivity contribution >= 4 is 0 Å². The van der Waals surface area contributed by atoms with Crippen molar-refractivity contribution in [3.8, 4) is 0 Å². The molecule has 1 aromatic rings. The SMILES string of the molecule is CC1CN(C2CCc3ccccc3C2O)CC1N(C)C. The Morgan fingerprint density at radius 2 is 1.95 bits per heavy atom. The van der Waals surface area contributed by atoms with Crippen LogP contribution in [0.2, 0.25) is 0 Å². The van der Waals surface area contributed by atoms with Gasteiger partial charge in [-0.1, -0.05) is 31.2 Å². The molecule has 3 nitrogen and oxygen atoms in total. The van der Waals surface area contributed by atoms with E-state index in [0.29, 0.717) is 12.0 Å². The molecule has 1 heterocycles. The molecule has 3 heteroatoms. The van der Waals surface area contributed by atoms with Crippen LogP contribution in [0.5, 0.6) is 0 Å². The number of nitrogens with zero attached hydrogens (tertiary/aromatic N) is 2. The first-order valence-corrected chi connectivity index (χ1v) is 7.74. The molecule has 1 fully saturated rings. The highest BCUT2D eigenvalue weighted by Crippen LogP contribution is 2.35. The summed E-state index contributed by atoms with van der Waals surface area (Å²) in [7, 11) is 4.33. The highest BCUT2D eigenvalue weighted by molar-refractivity contribution is 5.32. The molecule has 1 aliphatic carbocycles. The van der Waals surface area contributed by atoms with Gasteiger partial charge in [0.1, 0.15) is 0 Å². The zero-order valence-corrected chi connectivity index (χ0v) is 12.8. The Morgan fingerprint density at radius 3 is 2.65 bits per heavy atom. The average Bonchev–Trinajstić information content (AvgIpc) is 2.81. The van der Waals surface area contributed by atoms with Crippen molar-refractivity contribution in [3.63, 3.8) is 0 Å². The predicted octanol–water partition coefficient (Wildman–Crippen LogP) is 1.92. The Hall–Kier alpha value is -0.900. The molecule has 2 aliphatic rings. The van der Waals surface area contributed by atoms with E-state index in [1.807, 2.05) is 6.07 Å². The van der Waals surface area contributed by atoms with Gasteiger partial charge in [-0.2, -0.15) is 0 Å². The summed E-state index contributed by atoms with van der Waals surface area (Å²) in [5, 5.41) is 10.7. The molecule has 4 unspecified atom stereocenters. The smallest absolute Gasteiger partial charge is 0.0947 e. The van der Waals surface area contributed by atoms with Crippen LogP contribution in [0.15, 0.2) is 24.3 Å². The van der Waals surface area contributed by atoms with Crippen LogP contribution < -0.4 is 0 Å². The van der Waals surface area contributed by atoms with E-state index in [9.17, 15) is 5.11 Å². The third kappa shape index (κ3) is 2.39. The van der Waals surface area contributed by atoms with E-state index in [1.54, 1.807) is 0 Å². The Bertz CT molecular complexity index is 474. The van der Waals surface area contributed by atoms with Crippen LogP contribution in [-0.2, 0) is 6.42 Å². The lowest BCUT2D eigenvalue weighted by Crippen LogP contribution is -2.42. The van der Waals surface area contributed by atoms with Gasteiger partial charge in [-0.25, -0.2) is 0 Å². The van der Waals surface area contributed by atoms with Crippen LogP contribution in [-0.4, -0.2) is 54.2 Å². The second-order valence-corrected chi connectivity index (χ2v) is 6.71. The van der Waals surface area contributed by atoms with E-state index >= 15 is 0 Å². The summed E-state index contributed by atoms with van der Waals surface area (Å²) >= 11 is 0. The third-order valence-corrected chi connectivity index (χ3v) is 5.18. The Kier molecular flexibility index (Phi) is 3.85. The van der Waals surface area contributed by atoms with Gasteiger partial charge in [0, 0.05) is 25.2 Å². The van der Waals surface area contributed by atoms with Gasteiger partial charge in [0.05, 0.1) is 6.10 Å². The van der Waals surface area contributed by atoms with Crippen LogP contribution in [0.4, 0.5) is 0 Å². The van der Waals surface area contributed by atoms with Gasteiger partial charge in [-0.15, -0.1) is 0 Å². The van der Waals surface area contributed by atoms with Gasteiger partial charge in [0.2, 0.25) is 0 Å². The molecule has 0 aromatic heterocycles. The van der Waals surface area contributed by atoms with Crippen molar-refractivity contribution in [2.75, 3.05) is 27.2 Å². The van der Waals surface area contributed by atoms with Gasteiger partial charge in [0.25, 0.3) is 0 Å². The summed E-state index contributed by atoms with van der Waals surface area (Å²) < 4.78 is 0. The van der Waals surface area contributed by atoms with Crippen molar-refractivity contribution in [1.29, 1.82) is 0 Å². The summed E-state index contributed by atoms with van der Waals surface area (Å²) in [6.45, 7) is 4.51. The summed E-state index contributed by atoms with van der Waals surface area (Å²) in [5.74, 6) is 0.675. The second-order valence-electron chi connectivity index (χ2n) is 6.71. The largest absolute Gasteiger partial charge is 0.387 e. The number of fused-ring (bicyclic) bond motifs is 1. The van der Waals surface area contributed by atoms with Crippen molar-refractivity contribution in [1.82, 2.24) is 9.80 Å². The van der Waals surface area contributed by atoms with Crippen molar-refractivity contribution in [2.45, 2.75) is 38.0 Å². The number of benzene rings is 1. The summed E-state index contributed by atoms with van der Waals surface area (Å²) in [4.78, 5) is 4.84. The fourth-order valence-electron chi connectivity index (χ4n) is 4.03. The zero-order chi connectivity index (χ0) is 14.3. The summed E-state index contributed by atoms with van der Waals surface area (Å²) in [6, 6.07) is 9.27. The molecule has 1 aliphatic heterocycles. The lowest BCUT2D eigenvalue weighted by Gasteiger charge is -2.36. The highest BCUT2D eigenvalue weighted by atomic mass is 16.3. The van der Waals surface area contributed by atoms with E-state index < -0.39 is 0 Å². The molecule has 0 saturated carbocycles. The minimum Gasteiger partial charge on any atom is -0.387 e. The number of likely N-dealkylation sites (N-methyl/N-ethyl adjacent to an activating group) is 1. The number of hydrogen-bond donors (Lipinski definition) is 1. The first kappa shape index (κ1) is 14.1. The molecule has 0 radical (unpaired) electrons. The minimum atomic E-state index is -0.326. The maximum Gasteiger partial charge on any atom is 0.0947 e. The summed E-state index contributed by atoms with van der Waals surface area (Å²) in [6.07, 6.45) is 1.84. The Morgan fingerprint density at radius 1 is 1.20 bits per heavy atom. The summed E-state index contributed by atoms with van der Waals surface area (Å²) in [5.41, 5.74) is 2.47. The Balaban J connectivity index is 1.77. The molecule has 110 valence electrons. The first-order valence-electron chi connectivity index (χ1n) is 7.74. The molecule has 4 atom stereocenters. The van der Waals surface area contributed by atoms with Gasteiger partial charge < -0.3 is 10.0 Å². The second kappa shape index (κ2) is 5.47. The number of aliphatic hydroxyl groups is 1. The molecule has 1 aromatic carbocycles. The zero-order valence-electron chi connectivity index (χ0n) is 12.8. The van der Waals surface area contributed by atoms with E-state index in [-0.39, 0.29) is 12.1 Å². The van der Waals surface area contributed by atoms with Gasteiger partial charge >= 0.3 is 0 Å². The average molecular weight is 274 g/mol. The van der Waals surface area contributed by atoms with Crippen molar-refractivity contribution in [3.05, 3.63) is 35.4 Å². The number of aliphatic hydroxyl groups excluding tert-OH is 1. The predicted molar refractivity (Wildman–Crippen MR) is 81.7 cm³/mol. The molecule has 3 rings (SSSR count). The van der Waals surface area contributed by atoms with E-state index in [4.69, 9.17) is 0 Å². The standard InChI is InChI=1S/C17H26N2O/c1-12-10-19(11-16(12)18(2)3)15-9-8-13-6-4-5-7-14(13)17(15)20/h4-7,12,15-17,20H,8-11H2,1-3H3. The van der Waals surface area contributed by atoms with Crippen LogP contribution in [0, 0.1) is 5.92 Å². The molecule has 1 saturated heterocycles. The van der Waals surface area contributed by atoms with Crippen LogP contribution in [0.1, 0.15) is 30.6 Å². The van der Waals surface area contributed by atoms with E-state index in [0.717, 1.165) is 31.5 Å². The fourth-order valence-corrected chi connectivity index (χ4v) is 4.03. The lowest BCUT2D eigenvalue weighted by molar-refractivity contribution is 0.0450. The lowest BCUT2D eigenvalue weighted by atomic mass is 9.85. The maximum absolute atomic E-state index is 10.7. The van der Waals surface area contributed by atoms with Gasteiger partial charge in [0.15, 0.2) is 0 Å². The number of likely N-dealkylation sites (tertiary alicyclic amines) is 1. The first-order chi connectivity index (χ1) is 9.58. The van der Waals surface area contributed by atoms with Crippen LogP contribution in [0.25, 0.3) is 0 Å². The number of rotatable bonds is 2. The van der Waals surface area contributed by atoms with Crippen molar-refractivity contribution in [2.24, 2.45) is 5.92 Å². The molecular weight excluding hydrogens is 248 g/mol. The molecule has 0 amide bonds. The number of aryl methyl sites for hydroxylation is 1. The molecule has 0 bridgehead atoms. The van der Waals surface area contributed by atoms with Crippen LogP contribution in [0.3, 0.4) is 0 Å². The third-order valence-electron chi connectivity index (χ3n) is 5.18. The molecule has 20 heavy (non-hydrogen) atoms. The Labute approximate surface area is 122 Å². The monoisotopic (exact) mass is 274 g/mol. The highest BCUT2D eigenvalue weighted by Gasteiger charge is 2.39. The minimum absolute atomic E-state index is 0.289. The molecular formula is C17H26N2O.